The van der Waals surface area contributed by atoms with Crippen molar-refractivity contribution >= 4 is 17.4 Å². The number of methoxy groups -OCH3 is 1. The molecule has 0 atom stereocenters. The van der Waals surface area contributed by atoms with Gasteiger partial charge in [0, 0.05) is 30.9 Å². The van der Waals surface area contributed by atoms with Gasteiger partial charge in [-0.1, -0.05) is 36.4 Å². The van der Waals surface area contributed by atoms with Crippen molar-refractivity contribution in [2.24, 2.45) is 0 Å². The van der Waals surface area contributed by atoms with Crippen molar-refractivity contribution < 1.29 is 9.53 Å². The second kappa shape index (κ2) is 8.11. The highest BCUT2D eigenvalue weighted by Crippen LogP contribution is 2.21. The molecule has 0 radical (unpaired) electrons. The average molecular weight is 348 g/mol. The fourth-order valence-corrected chi connectivity index (χ4v) is 2.55. The third-order valence-electron chi connectivity index (χ3n) is 4.00. The molecule has 132 valence electrons. The van der Waals surface area contributed by atoms with Gasteiger partial charge in [0.05, 0.1) is 7.11 Å². The molecule has 6 nitrogen and oxygen atoms in total. The van der Waals surface area contributed by atoms with E-state index in [1.165, 1.54) is 6.33 Å². The van der Waals surface area contributed by atoms with Crippen LogP contribution in [-0.4, -0.2) is 30.0 Å². The van der Waals surface area contributed by atoms with E-state index < -0.39 is 0 Å². The SMILES string of the molecule is COc1ccccc1CNC(=O)c1cc(N(C)c2ccccc2)ncn1. The van der Waals surface area contributed by atoms with Gasteiger partial charge in [-0.25, -0.2) is 9.97 Å². The predicted octanol–water partition coefficient (Wildman–Crippen LogP) is 3.18. The number of aromatic nitrogens is 2. The van der Waals surface area contributed by atoms with Crippen molar-refractivity contribution in [2.45, 2.75) is 6.54 Å². The van der Waals surface area contributed by atoms with E-state index in [-0.39, 0.29) is 5.91 Å². The Bertz CT molecular complexity index is 884. The zero-order valence-corrected chi connectivity index (χ0v) is 14.7. The van der Waals surface area contributed by atoms with E-state index in [9.17, 15) is 4.79 Å². The number of para-hydroxylation sites is 2. The van der Waals surface area contributed by atoms with Gasteiger partial charge in [-0.15, -0.1) is 0 Å². The van der Waals surface area contributed by atoms with Gasteiger partial charge in [0.15, 0.2) is 0 Å². The number of nitrogens with zero attached hydrogens (tertiary/aromatic N) is 3. The second-order valence-electron chi connectivity index (χ2n) is 5.65. The first kappa shape index (κ1) is 17.4. The van der Waals surface area contributed by atoms with Crippen molar-refractivity contribution in [1.82, 2.24) is 15.3 Å². The van der Waals surface area contributed by atoms with Gasteiger partial charge in [-0.2, -0.15) is 0 Å². The lowest BCUT2D eigenvalue weighted by Crippen LogP contribution is -2.24. The van der Waals surface area contributed by atoms with Crippen LogP contribution in [0.25, 0.3) is 0 Å². The van der Waals surface area contributed by atoms with E-state index >= 15 is 0 Å². The lowest BCUT2D eigenvalue weighted by atomic mass is 10.2. The lowest BCUT2D eigenvalue weighted by molar-refractivity contribution is 0.0945. The Kier molecular flexibility index (Phi) is 5.43. The fourth-order valence-electron chi connectivity index (χ4n) is 2.55. The van der Waals surface area contributed by atoms with Crippen molar-refractivity contribution in [2.75, 3.05) is 19.1 Å². The number of amides is 1. The number of rotatable bonds is 6. The van der Waals surface area contributed by atoms with Gasteiger partial charge in [0.25, 0.3) is 5.91 Å². The number of carbonyl (C=O) groups excluding carboxylic acids is 1. The third kappa shape index (κ3) is 3.97. The molecule has 0 aliphatic rings. The molecule has 3 aromatic rings. The summed E-state index contributed by atoms with van der Waals surface area (Å²) < 4.78 is 5.30. The quantitative estimate of drug-likeness (QED) is 0.741. The first-order valence-corrected chi connectivity index (χ1v) is 8.20. The molecule has 3 rings (SSSR count). The van der Waals surface area contributed by atoms with E-state index in [1.807, 2.05) is 66.5 Å². The minimum Gasteiger partial charge on any atom is -0.496 e. The Morgan fingerprint density at radius 3 is 2.58 bits per heavy atom. The summed E-state index contributed by atoms with van der Waals surface area (Å²) in [6, 6.07) is 19.0. The predicted molar refractivity (Wildman–Crippen MR) is 101 cm³/mol. The summed E-state index contributed by atoms with van der Waals surface area (Å²) in [6.07, 6.45) is 1.40. The lowest BCUT2D eigenvalue weighted by Gasteiger charge is -2.18. The third-order valence-corrected chi connectivity index (χ3v) is 4.00. The van der Waals surface area contributed by atoms with Crippen LogP contribution in [0.2, 0.25) is 0 Å². The van der Waals surface area contributed by atoms with Crippen LogP contribution in [-0.2, 0) is 6.54 Å². The Labute approximate surface area is 152 Å². The number of hydrogen-bond donors (Lipinski definition) is 1. The molecule has 1 N–H and O–H groups in total. The standard InChI is InChI=1S/C20H20N4O2/c1-24(16-9-4-3-5-10-16)19-12-17(22-14-23-19)20(25)21-13-15-8-6-7-11-18(15)26-2/h3-12,14H,13H2,1-2H3,(H,21,25). The highest BCUT2D eigenvalue weighted by molar-refractivity contribution is 5.93. The van der Waals surface area contributed by atoms with Crippen LogP contribution < -0.4 is 15.0 Å². The van der Waals surface area contributed by atoms with E-state index in [1.54, 1.807) is 13.2 Å². The summed E-state index contributed by atoms with van der Waals surface area (Å²) in [4.78, 5) is 22.7. The maximum absolute atomic E-state index is 12.5. The summed E-state index contributed by atoms with van der Waals surface area (Å²) in [7, 11) is 3.50. The number of anilines is 2. The van der Waals surface area contributed by atoms with Crippen molar-refractivity contribution in [3.05, 3.63) is 78.2 Å². The topological polar surface area (TPSA) is 67.3 Å². The molecule has 1 heterocycles. The molecule has 0 saturated carbocycles. The monoisotopic (exact) mass is 348 g/mol. The summed E-state index contributed by atoms with van der Waals surface area (Å²) in [5.41, 5.74) is 2.19. The smallest absolute Gasteiger partial charge is 0.270 e. The zero-order valence-electron chi connectivity index (χ0n) is 14.7. The number of benzene rings is 2. The molecule has 0 spiro atoms. The van der Waals surface area contributed by atoms with E-state index in [0.29, 0.717) is 18.1 Å². The van der Waals surface area contributed by atoms with Crippen LogP contribution >= 0.6 is 0 Å². The fraction of sp³-hybridized carbons (Fsp3) is 0.150. The molecule has 0 aliphatic heterocycles. The van der Waals surface area contributed by atoms with E-state index in [0.717, 1.165) is 17.0 Å². The summed E-state index contributed by atoms with van der Waals surface area (Å²) >= 11 is 0. The summed E-state index contributed by atoms with van der Waals surface area (Å²) in [5.74, 6) is 1.12. The maximum Gasteiger partial charge on any atom is 0.270 e. The molecule has 1 amide bonds. The summed E-state index contributed by atoms with van der Waals surface area (Å²) in [5, 5.41) is 2.87. The zero-order chi connectivity index (χ0) is 18.4. The van der Waals surface area contributed by atoms with Crippen LogP contribution in [0.5, 0.6) is 5.75 Å². The molecule has 26 heavy (non-hydrogen) atoms. The highest BCUT2D eigenvalue weighted by atomic mass is 16.5. The Morgan fingerprint density at radius 1 is 1.08 bits per heavy atom. The molecule has 0 unspecified atom stereocenters. The van der Waals surface area contributed by atoms with Crippen molar-refractivity contribution in [1.29, 1.82) is 0 Å². The molecule has 1 aromatic heterocycles. The van der Waals surface area contributed by atoms with Gasteiger partial charge in [0.2, 0.25) is 0 Å². The van der Waals surface area contributed by atoms with Gasteiger partial charge >= 0.3 is 0 Å². The van der Waals surface area contributed by atoms with Gasteiger partial charge < -0.3 is 15.0 Å². The normalized spacial score (nSPS) is 10.2. The second-order valence-corrected chi connectivity index (χ2v) is 5.65. The molecule has 2 aromatic carbocycles. The molecule has 0 saturated heterocycles. The number of nitrogens with one attached hydrogen (secondary N) is 1. The van der Waals surface area contributed by atoms with Gasteiger partial charge in [-0.3, -0.25) is 4.79 Å². The minimum atomic E-state index is -0.263. The molecule has 0 fully saturated rings. The Balaban J connectivity index is 1.72. The molecular formula is C20H20N4O2. The number of hydrogen-bond acceptors (Lipinski definition) is 5. The first-order valence-electron chi connectivity index (χ1n) is 8.20. The Hall–Kier alpha value is -3.41. The maximum atomic E-state index is 12.5. The van der Waals surface area contributed by atoms with Crippen LogP contribution in [0, 0.1) is 0 Å². The largest absolute Gasteiger partial charge is 0.496 e. The van der Waals surface area contributed by atoms with Crippen LogP contribution in [0.15, 0.2) is 67.0 Å². The van der Waals surface area contributed by atoms with Gasteiger partial charge in [-0.05, 0) is 18.2 Å². The van der Waals surface area contributed by atoms with Crippen LogP contribution in [0.3, 0.4) is 0 Å². The molecule has 0 aliphatic carbocycles. The van der Waals surface area contributed by atoms with Crippen LogP contribution in [0.4, 0.5) is 11.5 Å². The molecule has 0 bridgehead atoms. The van der Waals surface area contributed by atoms with Crippen LogP contribution in [0.1, 0.15) is 16.1 Å². The minimum absolute atomic E-state index is 0.263. The van der Waals surface area contributed by atoms with Gasteiger partial charge in [0.1, 0.15) is 23.6 Å². The number of ether oxygens (including phenoxy) is 1. The molecule has 6 heteroatoms. The molecular weight excluding hydrogens is 328 g/mol. The average Bonchev–Trinajstić information content (AvgIpc) is 2.72. The van der Waals surface area contributed by atoms with E-state index in [2.05, 4.69) is 15.3 Å². The Morgan fingerprint density at radius 2 is 1.81 bits per heavy atom. The summed E-state index contributed by atoms with van der Waals surface area (Å²) in [6.45, 7) is 0.358. The van der Waals surface area contributed by atoms with E-state index in [4.69, 9.17) is 4.74 Å². The van der Waals surface area contributed by atoms with Crippen molar-refractivity contribution in [3.8, 4) is 5.75 Å². The number of carbonyl (C=O) groups is 1. The highest BCUT2D eigenvalue weighted by Gasteiger charge is 2.12. The van der Waals surface area contributed by atoms with Crippen molar-refractivity contribution in [3.63, 3.8) is 0 Å². The first-order chi connectivity index (χ1) is 12.7.